The number of thioether (sulfide) groups is 1. The van der Waals surface area contributed by atoms with E-state index in [-0.39, 0.29) is 11.4 Å². The lowest BCUT2D eigenvalue weighted by atomic mass is 9.53. The number of para-hydroxylation sites is 1. The fourth-order valence-electron chi connectivity index (χ4n) is 6.00. The highest BCUT2D eigenvalue weighted by Crippen LogP contribution is 2.55. The van der Waals surface area contributed by atoms with Gasteiger partial charge in [-0.3, -0.25) is 4.79 Å². The predicted molar refractivity (Wildman–Crippen MR) is 104 cm³/mol. The van der Waals surface area contributed by atoms with Gasteiger partial charge in [-0.05, 0) is 69.3 Å². The van der Waals surface area contributed by atoms with Crippen molar-refractivity contribution in [1.82, 2.24) is 15.3 Å². The van der Waals surface area contributed by atoms with Crippen LogP contribution in [0.4, 0.5) is 0 Å². The maximum absolute atomic E-state index is 12.7. The van der Waals surface area contributed by atoms with Crippen molar-refractivity contribution in [2.75, 3.05) is 5.75 Å². The molecule has 136 valence electrons. The first-order valence-electron chi connectivity index (χ1n) is 9.76. The van der Waals surface area contributed by atoms with Crippen LogP contribution in [0.2, 0.25) is 0 Å². The van der Waals surface area contributed by atoms with Gasteiger partial charge in [0, 0.05) is 10.9 Å². The minimum Gasteiger partial charge on any atom is -0.350 e. The van der Waals surface area contributed by atoms with Crippen LogP contribution in [-0.4, -0.2) is 27.2 Å². The molecular weight excluding hydrogens is 342 g/mol. The Hall–Kier alpha value is -1.62. The quantitative estimate of drug-likeness (QED) is 0.652. The molecule has 1 aromatic carbocycles. The number of fused-ring (bicyclic) bond motifs is 1. The minimum absolute atomic E-state index is 0.0933. The largest absolute Gasteiger partial charge is 0.350 e. The maximum Gasteiger partial charge on any atom is 0.230 e. The van der Waals surface area contributed by atoms with Crippen molar-refractivity contribution in [3.05, 3.63) is 30.1 Å². The molecule has 0 unspecified atom stereocenters. The van der Waals surface area contributed by atoms with Crippen LogP contribution in [0.25, 0.3) is 10.9 Å². The monoisotopic (exact) mass is 367 g/mol. The maximum atomic E-state index is 12.7. The zero-order valence-electron chi connectivity index (χ0n) is 15.2. The van der Waals surface area contributed by atoms with Crippen molar-refractivity contribution < 1.29 is 4.79 Å². The Bertz CT molecular complexity index is 830. The zero-order chi connectivity index (χ0) is 17.7. The van der Waals surface area contributed by atoms with E-state index in [2.05, 4.69) is 15.3 Å². The third-order valence-corrected chi connectivity index (χ3v) is 7.45. The van der Waals surface area contributed by atoms with Crippen molar-refractivity contribution in [3.8, 4) is 0 Å². The van der Waals surface area contributed by atoms with Gasteiger partial charge < -0.3 is 5.32 Å². The summed E-state index contributed by atoms with van der Waals surface area (Å²) in [4.78, 5) is 21.8. The van der Waals surface area contributed by atoms with Crippen LogP contribution in [0.5, 0.6) is 0 Å². The number of carbonyl (C=O) groups is 1. The lowest BCUT2D eigenvalue weighted by Gasteiger charge is -2.56. The summed E-state index contributed by atoms with van der Waals surface area (Å²) in [6.07, 6.45) is 7.79. The molecule has 4 saturated carbocycles. The van der Waals surface area contributed by atoms with E-state index < -0.39 is 0 Å². The van der Waals surface area contributed by atoms with E-state index in [0.29, 0.717) is 5.75 Å². The van der Waals surface area contributed by atoms with E-state index in [1.165, 1.54) is 50.3 Å². The molecule has 4 nitrogen and oxygen atoms in total. The van der Waals surface area contributed by atoms with E-state index in [4.69, 9.17) is 0 Å². The van der Waals surface area contributed by atoms with Gasteiger partial charge in [-0.1, -0.05) is 30.0 Å². The Morgan fingerprint density at radius 1 is 1.12 bits per heavy atom. The first-order valence-corrected chi connectivity index (χ1v) is 10.7. The molecular formula is C21H25N3OS. The number of rotatable bonds is 4. The Balaban J connectivity index is 1.29. The Kier molecular flexibility index (Phi) is 3.96. The lowest BCUT2D eigenvalue weighted by molar-refractivity contribution is -0.124. The number of benzene rings is 1. The van der Waals surface area contributed by atoms with Crippen molar-refractivity contribution >= 4 is 28.6 Å². The Labute approximate surface area is 158 Å². The van der Waals surface area contributed by atoms with Crippen molar-refractivity contribution in [3.63, 3.8) is 0 Å². The van der Waals surface area contributed by atoms with Crippen LogP contribution in [0.3, 0.4) is 0 Å². The SMILES string of the molecule is Cc1nc(SCC(=O)NC23CC4CC(CC(C4)C2)C3)c2ccccc2n1. The van der Waals surface area contributed by atoms with Gasteiger partial charge in [-0.15, -0.1) is 0 Å². The molecule has 1 N–H and O–H groups in total. The smallest absolute Gasteiger partial charge is 0.230 e. The lowest BCUT2D eigenvalue weighted by Crippen LogP contribution is -2.60. The second kappa shape index (κ2) is 6.22. The Morgan fingerprint density at radius 2 is 1.77 bits per heavy atom. The average Bonchev–Trinajstić information content (AvgIpc) is 2.58. The first kappa shape index (κ1) is 16.5. The number of hydrogen-bond acceptors (Lipinski definition) is 4. The van der Waals surface area contributed by atoms with Crippen molar-refractivity contribution in [1.29, 1.82) is 0 Å². The summed E-state index contributed by atoms with van der Waals surface area (Å²) < 4.78 is 0. The standard InChI is InChI=1S/C21H25N3OS/c1-13-22-18-5-3-2-4-17(18)20(23-13)26-12-19(25)24-21-9-14-6-15(10-21)8-16(7-14)11-21/h2-5,14-16H,6-12H2,1H3,(H,24,25). The molecule has 4 aliphatic rings. The van der Waals surface area contributed by atoms with Gasteiger partial charge in [0.1, 0.15) is 10.9 Å². The summed E-state index contributed by atoms with van der Waals surface area (Å²) in [5.74, 6) is 3.90. The number of nitrogens with zero attached hydrogens (tertiary/aromatic N) is 2. The fourth-order valence-corrected chi connectivity index (χ4v) is 6.86. The molecule has 1 aromatic heterocycles. The van der Waals surface area contributed by atoms with Gasteiger partial charge in [0.15, 0.2) is 0 Å². The molecule has 0 radical (unpaired) electrons. The van der Waals surface area contributed by atoms with Crippen molar-refractivity contribution in [2.24, 2.45) is 17.8 Å². The second-order valence-corrected chi connectivity index (χ2v) is 9.59. The average molecular weight is 368 g/mol. The predicted octanol–water partition coefficient (Wildman–Crippen LogP) is 4.12. The molecule has 1 heterocycles. The third kappa shape index (κ3) is 3.00. The van der Waals surface area contributed by atoms with Crippen LogP contribution in [-0.2, 0) is 4.79 Å². The minimum atomic E-state index is 0.0933. The summed E-state index contributed by atoms with van der Waals surface area (Å²) in [5.41, 5.74) is 1.04. The van der Waals surface area contributed by atoms with Gasteiger partial charge in [-0.2, -0.15) is 0 Å². The fraction of sp³-hybridized carbons (Fsp3) is 0.571. The van der Waals surface area contributed by atoms with Crippen LogP contribution in [0, 0.1) is 24.7 Å². The summed E-state index contributed by atoms with van der Waals surface area (Å²) >= 11 is 1.54. The van der Waals surface area contributed by atoms with E-state index in [1.54, 1.807) is 0 Å². The molecule has 0 aliphatic heterocycles. The molecule has 0 spiro atoms. The summed E-state index contributed by atoms with van der Waals surface area (Å²) in [6.45, 7) is 1.91. The zero-order valence-corrected chi connectivity index (χ0v) is 16.0. The highest BCUT2D eigenvalue weighted by atomic mass is 32.2. The number of aryl methyl sites for hydroxylation is 1. The normalized spacial score (nSPS) is 32.1. The number of aromatic nitrogens is 2. The summed E-state index contributed by atoms with van der Waals surface area (Å²) in [7, 11) is 0. The van der Waals surface area contributed by atoms with Gasteiger partial charge in [0.2, 0.25) is 5.91 Å². The molecule has 0 atom stereocenters. The number of nitrogens with one attached hydrogen (secondary N) is 1. The van der Waals surface area contributed by atoms with Crippen LogP contribution < -0.4 is 5.32 Å². The van der Waals surface area contributed by atoms with Gasteiger partial charge in [0.25, 0.3) is 0 Å². The molecule has 5 heteroatoms. The highest BCUT2D eigenvalue weighted by Gasteiger charge is 2.51. The number of amides is 1. The van der Waals surface area contributed by atoms with Gasteiger partial charge in [0.05, 0.1) is 11.3 Å². The summed E-state index contributed by atoms with van der Waals surface area (Å²) in [5, 5.41) is 5.40. The van der Waals surface area contributed by atoms with Crippen LogP contribution >= 0.6 is 11.8 Å². The third-order valence-electron chi connectivity index (χ3n) is 6.46. The molecule has 2 aromatic rings. The van der Waals surface area contributed by atoms with E-state index in [1.807, 2.05) is 31.2 Å². The van der Waals surface area contributed by atoms with E-state index in [9.17, 15) is 4.79 Å². The Morgan fingerprint density at radius 3 is 2.46 bits per heavy atom. The van der Waals surface area contributed by atoms with Crippen molar-refractivity contribution in [2.45, 2.75) is 56.0 Å². The molecule has 6 rings (SSSR count). The first-order chi connectivity index (χ1) is 12.6. The van der Waals surface area contributed by atoms with E-state index >= 15 is 0 Å². The topological polar surface area (TPSA) is 54.9 Å². The molecule has 26 heavy (non-hydrogen) atoms. The highest BCUT2D eigenvalue weighted by molar-refractivity contribution is 8.00. The van der Waals surface area contributed by atoms with Gasteiger partial charge in [-0.25, -0.2) is 9.97 Å². The van der Waals surface area contributed by atoms with Gasteiger partial charge >= 0.3 is 0 Å². The molecule has 4 aliphatic carbocycles. The molecule has 4 bridgehead atoms. The van der Waals surface area contributed by atoms with Crippen LogP contribution in [0.1, 0.15) is 44.3 Å². The van der Waals surface area contributed by atoms with Crippen LogP contribution in [0.15, 0.2) is 29.3 Å². The second-order valence-electron chi connectivity index (χ2n) is 8.63. The number of hydrogen-bond donors (Lipinski definition) is 1. The van der Waals surface area contributed by atoms with E-state index in [0.717, 1.165) is 39.5 Å². The number of carbonyl (C=O) groups excluding carboxylic acids is 1. The molecule has 0 saturated heterocycles. The molecule has 1 amide bonds. The molecule has 4 fully saturated rings. The summed E-state index contributed by atoms with van der Waals surface area (Å²) in [6, 6.07) is 8.03.